The average molecular weight is 126 g/mol. The first-order valence-corrected chi connectivity index (χ1v) is 2.70. The highest BCUT2D eigenvalue weighted by Crippen LogP contribution is 1.69. The lowest BCUT2D eigenvalue weighted by atomic mass is 10.4. The summed E-state index contributed by atoms with van der Waals surface area (Å²) in [7, 11) is 0. The van der Waals surface area contributed by atoms with Gasteiger partial charge >= 0.3 is 0 Å². The first-order chi connectivity index (χ1) is 4.27. The van der Waals surface area contributed by atoms with E-state index in [1.165, 1.54) is 0 Å². The predicted octanol–water partition coefficient (Wildman–Crippen LogP) is -0.915. The highest BCUT2D eigenvalue weighted by atomic mass is 16.1. The number of hydrogen-bond donors (Lipinski definition) is 2. The second-order valence-corrected chi connectivity index (χ2v) is 1.60. The molecule has 1 amide bonds. The zero-order valence-corrected chi connectivity index (χ0v) is 5.18. The second kappa shape index (κ2) is 5.13. The SMILES string of the molecule is C#CCNCCC(N)=O. The van der Waals surface area contributed by atoms with Crippen molar-refractivity contribution in [1.82, 2.24) is 5.32 Å². The number of hydrogen-bond acceptors (Lipinski definition) is 2. The third kappa shape index (κ3) is 6.99. The molecular formula is C6H10N2O. The largest absolute Gasteiger partial charge is 0.370 e. The van der Waals surface area contributed by atoms with Gasteiger partial charge in [0.2, 0.25) is 5.91 Å². The fraction of sp³-hybridized carbons (Fsp3) is 0.500. The van der Waals surface area contributed by atoms with E-state index < -0.39 is 0 Å². The van der Waals surface area contributed by atoms with Crippen molar-refractivity contribution >= 4 is 5.91 Å². The van der Waals surface area contributed by atoms with Gasteiger partial charge in [-0.25, -0.2) is 0 Å². The topological polar surface area (TPSA) is 55.1 Å². The molecule has 0 fully saturated rings. The van der Waals surface area contributed by atoms with Crippen LogP contribution in [0.5, 0.6) is 0 Å². The number of nitrogens with one attached hydrogen (secondary N) is 1. The van der Waals surface area contributed by atoms with Crippen molar-refractivity contribution < 1.29 is 4.79 Å². The van der Waals surface area contributed by atoms with E-state index in [9.17, 15) is 4.79 Å². The molecule has 0 spiro atoms. The lowest BCUT2D eigenvalue weighted by molar-refractivity contribution is -0.117. The highest BCUT2D eigenvalue weighted by Gasteiger charge is 1.89. The number of carbonyl (C=O) groups excluding carboxylic acids is 1. The molecule has 0 rings (SSSR count). The summed E-state index contributed by atoms with van der Waals surface area (Å²) in [5.74, 6) is 2.07. The maximum absolute atomic E-state index is 10.1. The zero-order valence-electron chi connectivity index (χ0n) is 5.18. The summed E-state index contributed by atoms with van der Waals surface area (Å²) in [6, 6.07) is 0. The van der Waals surface area contributed by atoms with Gasteiger partial charge in [-0.3, -0.25) is 4.79 Å². The van der Waals surface area contributed by atoms with Gasteiger partial charge in [-0.05, 0) is 0 Å². The van der Waals surface area contributed by atoms with Crippen LogP contribution in [0.1, 0.15) is 6.42 Å². The summed E-state index contributed by atoms with van der Waals surface area (Å²) in [6.07, 6.45) is 5.27. The standard InChI is InChI=1S/C6H10N2O/c1-2-4-8-5-3-6(7)9/h1,8H,3-5H2,(H2,7,9). The molecule has 0 saturated heterocycles. The Labute approximate surface area is 54.6 Å². The molecule has 0 bridgehead atoms. The third-order valence-corrected chi connectivity index (χ3v) is 0.775. The van der Waals surface area contributed by atoms with Crippen LogP contribution >= 0.6 is 0 Å². The summed E-state index contributed by atoms with van der Waals surface area (Å²) < 4.78 is 0. The average Bonchev–Trinajstić information content (AvgIpc) is 1.80. The molecule has 0 heterocycles. The number of amides is 1. The minimum Gasteiger partial charge on any atom is -0.370 e. The zero-order chi connectivity index (χ0) is 7.11. The molecule has 0 aliphatic heterocycles. The summed E-state index contributed by atoms with van der Waals surface area (Å²) in [5, 5.41) is 2.83. The Morgan fingerprint density at radius 1 is 1.78 bits per heavy atom. The molecule has 0 aromatic rings. The Hall–Kier alpha value is -1.01. The van der Waals surface area contributed by atoms with E-state index in [1.807, 2.05) is 0 Å². The van der Waals surface area contributed by atoms with Gasteiger partial charge in [0, 0.05) is 13.0 Å². The Morgan fingerprint density at radius 2 is 2.44 bits per heavy atom. The fourth-order valence-corrected chi connectivity index (χ4v) is 0.372. The fourth-order valence-electron chi connectivity index (χ4n) is 0.372. The van der Waals surface area contributed by atoms with Crippen LogP contribution in [0.15, 0.2) is 0 Å². The Kier molecular flexibility index (Phi) is 4.56. The molecule has 50 valence electrons. The lowest BCUT2D eigenvalue weighted by Gasteiger charge is -1.94. The molecule has 0 saturated carbocycles. The van der Waals surface area contributed by atoms with E-state index in [0.29, 0.717) is 19.5 Å². The van der Waals surface area contributed by atoms with Crippen LogP contribution in [0.25, 0.3) is 0 Å². The minimum atomic E-state index is -0.306. The van der Waals surface area contributed by atoms with Crippen molar-refractivity contribution in [3.8, 4) is 12.3 Å². The van der Waals surface area contributed by atoms with Gasteiger partial charge in [-0.2, -0.15) is 0 Å². The van der Waals surface area contributed by atoms with Crippen molar-refractivity contribution in [2.45, 2.75) is 6.42 Å². The maximum atomic E-state index is 10.1. The van der Waals surface area contributed by atoms with E-state index in [4.69, 9.17) is 12.2 Å². The number of nitrogens with two attached hydrogens (primary N) is 1. The molecule has 3 nitrogen and oxygen atoms in total. The normalized spacial score (nSPS) is 8.33. The van der Waals surface area contributed by atoms with E-state index in [-0.39, 0.29) is 5.91 Å². The summed E-state index contributed by atoms with van der Waals surface area (Å²) in [5.41, 5.74) is 4.84. The van der Waals surface area contributed by atoms with Gasteiger partial charge in [0.1, 0.15) is 0 Å². The smallest absolute Gasteiger partial charge is 0.218 e. The van der Waals surface area contributed by atoms with E-state index in [1.54, 1.807) is 0 Å². The van der Waals surface area contributed by atoms with Crippen LogP contribution in [0.2, 0.25) is 0 Å². The van der Waals surface area contributed by atoms with E-state index in [2.05, 4.69) is 11.2 Å². The van der Waals surface area contributed by atoms with Crippen molar-refractivity contribution in [1.29, 1.82) is 0 Å². The molecule has 0 radical (unpaired) electrons. The molecule has 0 atom stereocenters. The lowest BCUT2D eigenvalue weighted by Crippen LogP contribution is -2.21. The first kappa shape index (κ1) is 7.99. The third-order valence-electron chi connectivity index (χ3n) is 0.775. The van der Waals surface area contributed by atoms with Crippen LogP contribution < -0.4 is 11.1 Å². The molecule has 3 heteroatoms. The van der Waals surface area contributed by atoms with E-state index in [0.717, 1.165) is 0 Å². The molecule has 0 unspecified atom stereocenters. The van der Waals surface area contributed by atoms with E-state index >= 15 is 0 Å². The second-order valence-electron chi connectivity index (χ2n) is 1.60. The van der Waals surface area contributed by atoms with Crippen molar-refractivity contribution in [2.75, 3.05) is 13.1 Å². The van der Waals surface area contributed by atoms with Gasteiger partial charge in [0.15, 0.2) is 0 Å². The van der Waals surface area contributed by atoms with Gasteiger partial charge < -0.3 is 11.1 Å². The van der Waals surface area contributed by atoms with Crippen LogP contribution in [0, 0.1) is 12.3 Å². The summed E-state index contributed by atoms with van der Waals surface area (Å²) >= 11 is 0. The molecular weight excluding hydrogens is 116 g/mol. The van der Waals surface area contributed by atoms with Crippen LogP contribution in [-0.4, -0.2) is 19.0 Å². The number of carbonyl (C=O) groups is 1. The van der Waals surface area contributed by atoms with Crippen LogP contribution in [0.3, 0.4) is 0 Å². The molecule has 0 aliphatic carbocycles. The van der Waals surface area contributed by atoms with Crippen LogP contribution in [0.4, 0.5) is 0 Å². The molecule has 3 N–H and O–H groups in total. The van der Waals surface area contributed by atoms with Crippen molar-refractivity contribution in [2.24, 2.45) is 5.73 Å². The van der Waals surface area contributed by atoms with Crippen molar-refractivity contribution in [3.63, 3.8) is 0 Å². The minimum absolute atomic E-state index is 0.306. The first-order valence-electron chi connectivity index (χ1n) is 2.70. The quantitative estimate of drug-likeness (QED) is 0.378. The van der Waals surface area contributed by atoms with Gasteiger partial charge in [-0.15, -0.1) is 6.42 Å². The highest BCUT2D eigenvalue weighted by molar-refractivity contribution is 5.73. The molecule has 0 aliphatic rings. The summed E-state index contributed by atoms with van der Waals surface area (Å²) in [4.78, 5) is 10.1. The van der Waals surface area contributed by atoms with Crippen LogP contribution in [-0.2, 0) is 4.79 Å². The molecule has 0 aromatic heterocycles. The Bertz CT molecular complexity index is 126. The summed E-state index contributed by atoms with van der Waals surface area (Å²) in [6.45, 7) is 1.06. The van der Waals surface area contributed by atoms with Gasteiger partial charge in [0.25, 0.3) is 0 Å². The van der Waals surface area contributed by atoms with Gasteiger partial charge in [-0.1, -0.05) is 5.92 Å². The Balaban J connectivity index is 2.94. The monoisotopic (exact) mass is 126 g/mol. The molecule has 0 aromatic carbocycles. The predicted molar refractivity (Wildman–Crippen MR) is 35.5 cm³/mol. The van der Waals surface area contributed by atoms with Crippen molar-refractivity contribution in [3.05, 3.63) is 0 Å². The Morgan fingerprint density at radius 3 is 2.89 bits per heavy atom. The number of rotatable bonds is 4. The van der Waals surface area contributed by atoms with Gasteiger partial charge in [0.05, 0.1) is 6.54 Å². The molecule has 9 heavy (non-hydrogen) atoms. The number of primary amides is 1. The maximum Gasteiger partial charge on any atom is 0.218 e. The number of terminal acetylenes is 1.